The van der Waals surface area contributed by atoms with Gasteiger partial charge in [-0.2, -0.15) is 9.97 Å². The van der Waals surface area contributed by atoms with E-state index in [4.69, 9.17) is 16.6 Å². The summed E-state index contributed by atoms with van der Waals surface area (Å²) in [5.41, 5.74) is 14.1. The molecule has 2 heterocycles. The summed E-state index contributed by atoms with van der Waals surface area (Å²) in [5, 5.41) is 20.4. The molecule has 12 nitrogen and oxygen atoms in total. The van der Waals surface area contributed by atoms with Crippen molar-refractivity contribution in [1.29, 1.82) is 0 Å². The van der Waals surface area contributed by atoms with Gasteiger partial charge in [0, 0.05) is 12.0 Å². The summed E-state index contributed by atoms with van der Waals surface area (Å²) < 4.78 is 0. The van der Waals surface area contributed by atoms with Crippen molar-refractivity contribution < 1.29 is 24.6 Å². The maximum absolute atomic E-state index is 12.5. The summed E-state index contributed by atoms with van der Waals surface area (Å²) in [6.45, 7) is 1.92. The molecule has 3 aromatic rings. The number of anilines is 2. The van der Waals surface area contributed by atoms with Crippen LogP contribution >= 0.6 is 0 Å². The van der Waals surface area contributed by atoms with Crippen LogP contribution in [0.1, 0.15) is 53.7 Å². The Morgan fingerprint density at radius 3 is 2.44 bits per heavy atom. The molecule has 2 unspecified atom stereocenters. The quantitative estimate of drug-likeness (QED) is 0.244. The van der Waals surface area contributed by atoms with E-state index in [0.29, 0.717) is 29.7 Å². The Morgan fingerprint density at radius 2 is 1.81 bits per heavy atom. The number of nitrogens with one attached hydrogen (secondary N) is 1. The van der Waals surface area contributed by atoms with Crippen molar-refractivity contribution in [3.05, 3.63) is 59.4 Å². The lowest BCUT2D eigenvalue weighted by atomic mass is 9.90. The third-order valence-electron chi connectivity index (χ3n) is 5.51. The molecule has 12 heteroatoms. The van der Waals surface area contributed by atoms with Crippen molar-refractivity contribution in [3.63, 3.8) is 0 Å². The van der Waals surface area contributed by atoms with Gasteiger partial charge in [-0.1, -0.05) is 24.3 Å². The minimum absolute atomic E-state index is 0.00307. The second-order valence-corrected chi connectivity index (χ2v) is 8.13. The van der Waals surface area contributed by atoms with Gasteiger partial charge in [0.25, 0.3) is 5.91 Å². The SMILES string of the molecule is CC=CCC(Cc1cnc2nc(N)nc(N)c2n1)c1ccc(C(=O)NC(CCC(=O)O)C(=O)O)cc1. The van der Waals surface area contributed by atoms with Crippen LogP contribution in [0, 0.1) is 0 Å². The first-order valence-electron chi connectivity index (χ1n) is 11.2. The van der Waals surface area contributed by atoms with Crippen molar-refractivity contribution in [2.45, 2.75) is 44.6 Å². The third kappa shape index (κ3) is 6.72. The molecule has 2 atom stereocenters. The van der Waals surface area contributed by atoms with E-state index in [1.165, 1.54) is 0 Å². The van der Waals surface area contributed by atoms with Gasteiger partial charge in [0.05, 0.1) is 11.9 Å². The summed E-state index contributed by atoms with van der Waals surface area (Å²) in [7, 11) is 0. The van der Waals surface area contributed by atoms with Gasteiger partial charge in [0.2, 0.25) is 5.95 Å². The zero-order valence-corrected chi connectivity index (χ0v) is 19.6. The van der Waals surface area contributed by atoms with Gasteiger partial charge >= 0.3 is 11.9 Å². The number of rotatable bonds is 11. The number of nitrogen functional groups attached to an aromatic ring is 2. The van der Waals surface area contributed by atoms with Crippen molar-refractivity contribution in [1.82, 2.24) is 25.3 Å². The molecule has 0 aliphatic heterocycles. The molecule has 0 bridgehead atoms. The van der Waals surface area contributed by atoms with Gasteiger partial charge in [0.1, 0.15) is 6.04 Å². The molecule has 0 radical (unpaired) electrons. The maximum Gasteiger partial charge on any atom is 0.326 e. The van der Waals surface area contributed by atoms with Crippen LogP contribution in [0.25, 0.3) is 11.2 Å². The predicted molar refractivity (Wildman–Crippen MR) is 132 cm³/mol. The van der Waals surface area contributed by atoms with Crippen LogP contribution in [0.5, 0.6) is 0 Å². The number of nitrogens with zero attached hydrogens (tertiary/aromatic N) is 4. The standard InChI is InChI=1S/C24H27N7O5/c1-2-3-4-15(11-16-12-27-21-19(28-16)20(25)30-24(26)31-21)13-5-7-14(8-6-13)22(34)29-17(23(35)36)9-10-18(32)33/h2-3,5-8,12,15,17H,4,9-11H2,1H3,(H,29,34)(H,32,33)(H,35,36)(H4,25,26,27,30,31). The lowest BCUT2D eigenvalue weighted by molar-refractivity contribution is -0.140. The van der Waals surface area contributed by atoms with Crippen LogP contribution in [0.2, 0.25) is 0 Å². The second-order valence-electron chi connectivity index (χ2n) is 8.13. The van der Waals surface area contributed by atoms with Crippen molar-refractivity contribution >= 4 is 40.8 Å². The summed E-state index contributed by atoms with van der Waals surface area (Å²) in [6, 6.07) is 5.49. The van der Waals surface area contributed by atoms with E-state index in [1.807, 2.05) is 19.1 Å². The molecular formula is C24H27N7O5. The maximum atomic E-state index is 12.5. The molecule has 0 saturated heterocycles. The summed E-state index contributed by atoms with van der Waals surface area (Å²) in [6.07, 6.45) is 6.23. The smallest absolute Gasteiger partial charge is 0.326 e. The second kappa shape index (κ2) is 11.7. The van der Waals surface area contributed by atoms with E-state index in [0.717, 1.165) is 5.56 Å². The number of benzene rings is 1. The average molecular weight is 494 g/mol. The number of carboxylic acids is 2. The van der Waals surface area contributed by atoms with E-state index < -0.39 is 23.9 Å². The van der Waals surface area contributed by atoms with Crippen LogP contribution in [0.4, 0.5) is 11.8 Å². The lowest BCUT2D eigenvalue weighted by Crippen LogP contribution is -2.41. The summed E-state index contributed by atoms with van der Waals surface area (Å²) in [4.78, 5) is 51.5. The lowest BCUT2D eigenvalue weighted by Gasteiger charge is -2.17. The number of carbonyl (C=O) groups excluding carboxylic acids is 1. The van der Waals surface area contributed by atoms with Crippen molar-refractivity contribution in [2.24, 2.45) is 0 Å². The molecule has 0 saturated carbocycles. The summed E-state index contributed by atoms with van der Waals surface area (Å²) in [5.74, 6) is -2.85. The Bertz CT molecular complexity index is 1290. The van der Waals surface area contributed by atoms with Crippen LogP contribution < -0.4 is 16.8 Å². The number of amides is 1. The number of hydrogen-bond donors (Lipinski definition) is 5. The zero-order chi connectivity index (χ0) is 26.2. The van der Waals surface area contributed by atoms with Crippen molar-refractivity contribution in [2.75, 3.05) is 11.5 Å². The highest BCUT2D eigenvalue weighted by molar-refractivity contribution is 5.96. The Morgan fingerprint density at radius 1 is 1.08 bits per heavy atom. The monoisotopic (exact) mass is 493 g/mol. The fourth-order valence-electron chi connectivity index (χ4n) is 3.64. The average Bonchev–Trinajstić information content (AvgIpc) is 2.84. The number of hydrogen-bond acceptors (Lipinski definition) is 9. The topological polar surface area (TPSA) is 207 Å². The van der Waals surface area contributed by atoms with Gasteiger partial charge in [0.15, 0.2) is 17.0 Å². The summed E-state index contributed by atoms with van der Waals surface area (Å²) >= 11 is 0. The molecule has 0 aliphatic carbocycles. The molecule has 188 valence electrons. The largest absolute Gasteiger partial charge is 0.481 e. The molecule has 0 fully saturated rings. The van der Waals surface area contributed by atoms with Crippen LogP contribution in [0.15, 0.2) is 42.6 Å². The molecule has 0 spiro atoms. The minimum Gasteiger partial charge on any atom is -0.481 e. The minimum atomic E-state index is -1.30. The molecule has 3 rings (SSSR count). The van der Waals surface area contributed by atoms with E-state index in [9.17, 15) is 19.5 Å². The molecule has 1 amide bonds. The zero-order valence-electron chi connectivity index (χ0n) is 19.6. The normalized spacial score (nSPS) is 12.9. The Hall–Kier alpha value is -4.61. The van der Waals surface area contributed by atoms with Gasteiger partial charge in [-0.05, 0) is 49.8 Å². The van der Waals surface area contributed by atoms with E-state index in [2.05, 4.69) is 25.3 Å². The van der Waals surface area contributed by atoms with E-state index in [1.54, 1.807) is 30.5 Å². The fourth-order valence-corrected chi connectivity index (χ4v) is 3.64. The first-order valence-corrected chi connectivity index (χ1v) is 11.2. The molecule has 0 aliphatic rings. The number of aromatic nitrogens is 4. The highest BCUT2D eigenvalue weighted by atomic mass is 16.4. The first-order chi connectivity index (χ1) is 17.2. The van der Waals surface area contributed by atoms with Crippen LogP contribution in [-0.4, -0.2) is 54.0 Å². The highest BCUT2D eigenvalue weighted by Gasteiger charge is 2.22. The Balaban J connectivity index is 1.78. The predicted octanol–water partition coefficient (Wildman–Crippen LogP) is 1.92. The van der Waals surface area contributed by atoms with E-state index >= 15 is 0 Å². The van der Waals surface area contributed by atoms with Crippen LogP contribution in [-0.2, 0) is 16.0 Å². The number of aliphatic carboxylic acids is 2. The molecule has 7 N–H and O–H groups in total. The van der Waals surface area contributed by atoms with E-state index in [-0.39, 0.29) is 36.1 Å². The number of allylic oxidation sites excluding steroid dienone is 2. The van der Waals surface area contributed by atoms with Gasteiger partial charge in [-0.15, -0.1) is 0 Å². The molecule has 36 heavy (non-hydrogen) atoms. The number of nitrogens with two attached hydrogens (primary N) is 2. The van der Waals surface area contributed by atoms with Gasteiger partial charge in [-0.3, -0.25) is 9.59 Å². The van der Waals surface area contributed by atoms with Crippen molar-refractivity contribution in [3.8, 4) is 0 Å². The number of fused-ring (bicyclic) bond motifs is 1. The molecular weight excluding hydrogens is 466 g/mol. The third-order valence-corrected chi connectivity index (χ3v) is 5.51. The number of carbonyl (C=O) groups is 3. The first kappa shape index (κ1) is 26.0. The molecule has 2 aromatic heterocycles. The van der Waals surface area contributed by atoms with Gasteiger partial charge < -0.3 is 27.0 Å². The fraction of sp³-hybridized carbons (Fsp3) is 0.292. The Labute approximate surface area is 206 Å². The molecule has 1 aromatic carbocycles. The highest BCUT2D eigenvalue weighted by Crippen LogP contribution is 2.26. The van der Waals surface area contributed by atoms with Crippen LogP contribution in [0.3, 0.4) is 0 Å². The Kier molecular flexibility index (Phi) is 8.44. The number of carboxylic acid groups (broad SMARTS) is 2. The van der Waals surface area contributed by atoms with Gasteiger partial charge in [-0.25, -0.2) is 14.8 Å².